The Morgan fingerprint density at radius 2 is 1.86 bits per heavy atom. The molecule has 1 aromatic carbocycles. The van der Waals surface area contributed by atoms with Crippen molar-refractivity contribution < 1.29 is 36.2 Å². The van der Waals surface area contributed by atoms with E-state index in [2.05, 4.69) is 15.1 Å². The van der Waals surface area contributed by atoms with Crippen LogP contribution in [0.2, 0.25) is 10.0 Å². The standard InChI is InChI=1S/C25H24Cl2F5N7O3/c1-37(2)23(40)21-16(26)12-8-38(5-4-6-39(12)36-21)22-10-9-42-13(7-11(10)34-24(35-22)41-3)14-15(25(30,31)32)17(27)19(29)20(33)18(14)28/h13H,4-9,33H2,1-3H3. The third kappa shape index (κ3) is 5.07. The van der Waals surface area contributed by atoms with E-state index in [1.807, 2.05) is 4.90 Å². The number of anilines is 2. The fourth-order valence-corrected chi connectivity index (χ4v) is 5.64. The van der Waals surface area contributed by atoms with Crippen LogP contribution in [-0.4, -0.2) is 58.3 Å². The Morgan fingerprint density at radius 1 is 1.14 bits per heavy atom. The molecule has 2 N–H and O–H groups in total. The molecule has 5 rings (SSSR count). The highest BCUT2D eigenvalue weighted by atomic mass is 35.5. The van der Waals surface area contributed by atoms with Gasteiger partial charge in [-0.05, 0) is 6.42 Å². The van der Waals surface area contributed by atoms with E-state index >= 15 is 4.39 Å². The van der Waals surface area contributed by atoms with Crippen molar-refractivity contribution in [1.29, 1.82) is 0 Å². The first kappa shape index (κ1) is 30.0. The Morgan fingerprint density at radius 3 is 2.50 bits per heavy atom. The number of hydrogen-bond acceptors (Lipinski definition) is 8. The largest absolute Gasteiger partial charge is 0.467 e. The summed E-state index contributed by atoms with van der Waals surface area (Å²) in [5, 5.41) is 3.23. The molecule has 10 nitrogen and oxygen atoms in total. The van der Waals surface area contributed by atoms with Gasteiger partial charge in [0, 0.05) is 44.7 Å². The SMILES string of the molecule is COc1nc2c(c(N3CCCn4nc(C(=O)N(C)C)c(Cl)c4C3)n1)COC(c1c(F)c(N)c(F)c(Cl)c1C(F)(F)F)C2. The highest BCUT2D eigenvalue weighted by Crippen LogP contribution is 2.47. The first-order chi connectivity index (χ1) is 19.7. The molecule has 2 aliphatic heterocycles. The van der Waals surface area contributed by atoms with Crippen LogP contribution in [0.1, 0.15) is 51.1 Å². The minimum atomic E-state index is -5.21. The number of halogens is 7. The van der Waals surface area contributed by atoms with Gasteiger partial charge in [0.15, 0.2) is 17.3 Å². The number of nitrogens with two attached hydrogens (primary N) is 1. The van der Waals surface area contributed by atoms with Crippen molar-refractivity contribution in [1.82, 2.24) is 24.6 Å². The molecule has 0 fully saturated rings. The Bertz CT molecular complexity index is 1580. The van der Waals surface area contributed by atoms with Crippen LogP contribution in [0.4, 0.5) is 33.5 Å². The normalized spacial score (nSPS) is 17.0. The lowest BCUT2D eigenvalue weighted by Gasteiger charge is -2.31. The molecule has 0 aliphatic carbocycles. The van der Waals surface area contributed by atoms with Gasteiger partial charge in [0.1, 0.15) is 11.5 Å². The smallest absolute Gasteiger partial charge is 0.418 e. The third-order valence-electron chi connectivity index (χ3n) is 7.08. The molecule has 3 aromatic rings. The maximum atomic E-state index is 15.1. The number of ether oxygens (including phenoxy) is 2. The number of carbonyl (C=O) groups is 1. The summed E-state index contributed by atoms with van der Waals surface area (Å²) in [4.78, 5) is 24.6. The second-order valence-corrected chi connectivity index (χ2v) is 10.7. The van der Waals surface area contributed by atoms with Gasteiger partial charge >= 0.3 is 12.2 Å². The molecule has 2 aliphatic rings. The maximum absolute atomic E-state index is 15.1. The van der Waals surface area contributed by atoms with E-state index in [0.29, 0.717) is 36.6 Å². The predicted octanol–water partition coefficient (Wildman–Crippen LogP) is 4.79. The van der Waals surface area contributed by atoms with E-state index in [1.54, 1.807) is 18.8 Å². The second kappa shape index (κ2) is 11.0. The van der Waals surface area contributed by atoms with Crippen molar-refractivity contribution in [3.63, 3.8) is 0 Å². The van der Waals surface area contributed by atoms with Crippen LogP contribution >= 0.6 is 23.2 Å². The van der Waals surface area contributed by atoms with Crippen molar-refractivity contribution in [2.24, 2.45) is 0 Å². The second-order valence-electron chi connectivity index (χ2n) is 9.91. The van der Waals surface area contributed by atoms with Crippen LogP contribution in [0.25, 0.3) is 0 Å². The number of fused-ring (bicyclic) bond motifs is 2. The Labute approximate surface area is 246 Å². The van der Waals surface area contributed by atoms with Gasteiger partial charge in [-0.25, -0.2) is 8.78 Å². The first-order valence-electron chi connectivity index (χ1n) is 12.5. The number of alkyl halides is 3. The van der Waals surface area contributed by atoms with Crippen LogP contribution in [0.15, 0.2) is 0 Å². The van der Waals surface area contributed by atoms with Gasteiger partial charge in [-0.2, -0.15) is 28.2 Å². The number of nitrogen functional groups attached to an aromatic ring is 1. The first-order valence-corrected chi connectivity index (χ1v) is 13.3. The molecule has 2 aromatic heterocycles. The zero-order chi connectivity index (χ0) is 30.7. The number of amides is 1. The van der Waals surface area contributed by atoms with Gasteiger partial charge in [0.25, 0.3) is 5.91 Å². The lowest BCUT2D eigenvalue weighted by Crippen LogP contribution is -2.29. The zero-order valence-corrected chi connectivity index (χ0v) is 24.0. The number of benzene rings is 1. The van der Waals surface area contributed by atoms with Crippen LogP contribution in [0, 0.1) is 11.6 Å². The lowest BCUT2D eigenvalue weighted by atomic mass is 9.93. The average Bonchev–Trinajstić information content (AvgIpc) is 3.10. The fraction of sp³-hybridized carbons (Fsp3) is 0.440. The minimum absolute atomic E-state index is 0.0927. The average molecular weight is 636 g/mol. The molecule has 0 saturated heterocycles. The summed E-state index contributed by atoms with van der Waals surface area (Å²) in [5.74, 6) is -3.33. The molecule has 42 heavy (non-hydrogen) atoms. The molecular weight excluding hydrogens is 612 g/mol. The molecule has 226 valence electrons. The van der Waals surface area contributed by atoms with Crippen LogP contribution in [-0.2, 0) is 37.0 Å². The highest BCUT2D eigenvalue weighted by molar-refractivity contribution is 6.34. The van der Waals surface area contributed by atoms with Gasteiger partial charge in [0.2, 0.25) is 0 Å². The number of carbonyl (C=O) groups excluding carboxylic acids is 1. The number of hydrogen-bond donors (Lipinski definition) is 1. The molecule has 0 radical (unpaired) electrons. The van der Waals surface area contributed by atoms with Gasteiger partial charge in [-0.3, -0.25) is 9.48 Å². The molecule has 4 heterocycles. The topological polar surface area (TPSA) is 112 Å². The summed E-state index contributed by atoms with van der Waals surface area (Å²) in [6.45, 7) is 0.781. The van der Waals surface area contributed by atoms with Crippen LogP contribution in [0.3, 0.4) is 0 Å². The third-order valence-corrected chi connectivity index (χ3v) is 7.83. The number of nitrogens with zero attached hydrogens (tertiary/aromatic N) is 6. The Balaban J connectivity index is 1.56. The molecular formula is C25H24Cl2F5N7O3. The zero-order valence-electron chi connectivity index (χ0n) is 22.5. The van der Waals surface area contributed by atoms with Crippen molar-refractivity contribution in [3.8, 4) is 6.01 Å². The summed E-state index contributed by atoms with van der Waals surface area (Å²) in [6.07, 6.45) is -6.53. The molecule has 1 unspecified atom stereocenters. The summed E-state index contributed by atoms with van der Waals surface area (Å²) in [6, 6.07) is -0.0927. The van der Waals surface area contributed by atoms with Crippen molar-refractivity contribution in [2.45, 2.75) is 44.8 Å². The highest BCUT2D eigenvalue weighted by Gasteiger charge is 2.44. The van der Waals surface area contributed by atoms with E-state index in [1.165, 1.54) is 12.0 Å². The molecule has 0 spiro atoms. The monoisotopic (exact) mass is 635 g/mol. The van der Waals surface area contributed by atoms with Crippen molar-refractivity contribution in [2.75, 3.05) is 38.4 Å². The van der Waals surface area contributed by atoms with E-state index in [-0.39, 0.29) is 47.9 Å². The molecule has 1 atom stereocenters. The predicted molar refractivity (Wildman–Crippen MR) is 142 cm³/mol. The summed E-state index contributed by atoms with van der Waals surface area (Å²) in [7, 11) is 4.48. The summed E-state index contributed by atoms with van der Waals surface area (Å²) >= 11 is 12.3. The molecule has 0 bridgehead atoms. The molecule has 17 heteroatoms. The van der Waals surface area contributed by atoms with Gasteiger partial charge in [-0.15, -0.1) is 0 Å². The summed E-state index contributed by atoms with van der Waals surface area (Å²) < 4.78 is 83.9. The van der Waals surface area contributed by atoms with Crippen LogP contribution in [0.5, 0.6) is 6.01 Å². The fourth-order valence-electron chi connectivity index (χ4n) is 5.06. The molecule has 0 saturated carbocycles. The maximum Gasteiger partial charge on any atom is 0.418 e. The van der Waals surface area contributed by atoms with E-state index in [4.69, 9.17) is 38.4 Å². The minimum Gasteiger partial charge on any atom is -0.467 e. The quantitative estimate of drug-likeness (QED) is 0.247. The van der Waals surface area contributed by atoms with Gasteiger partial charge in [0.05, 0.1) is 53.4 Å². The van der Waals surface area contributed by atoms with Crippen LogP contribution < -0.4 is 15.4 Å². The summed E-state index contributed by atoms with van der Waals surface area (Å²) in [5.41, 5.74) is 2.87. The Kier molecular flexibility index (Phi) is 7.87. The van der Waals surface area contributed by atoms with E-state index < -0.39 is 45.8 Å². The lowest BCUT2D eigenvalue weighted by molar-refractivity contribution is -0.140. The van der Waals surface area contributed by atoms with E-state index in [0.717, 1.165) is 0 Å². The number of methoxy groups -OCH3 is 1. The van der Waals surface area contributed by atoms with Gasteiger partial charge < -0.3 is 25.0 Å². The Hall–Kier alpha value is -3.43. The number of aryl methyl sites for hydroxylation is 1. The molecule has 1 amide bonds. The van der Waals surface area contributed by atoms with Crippen molar-refractivity contribution in [3.05, 3.63) is 55.5 Å². The number of rotatable bonds is 4. The number of aromatic nitrogens is 4. The van der Waals surface area contributed by atoms with Gasteiger partial charge in [-0.1, -0.05) is 23.2 Å². The van der Waals surface area contributed by atoms with E-state index in [9.17, 15) is 22.4 Å². The van der Waals surface area contributed by atoms with Crippen molar-refractivity contribution >= 4 is 40.6 Å².